The van der Waals surface area contributed by atoms with Gasteiger partial charge in [-0.1, -0.05) is 13.8 Å². The Balaban J connectivity index is 2.17. The molecule has 0 spiro atoms. The largest absolute Gasteiger partial charge is 0.465 e. The average molecular weight is 352 g/mol. The van der Waals surface area contributed by atoms with Gasteiger partial charge in [-0.3, -0.25) is 9.59 Å². The number of amides is 2. The monoisotopic (exact) mass is 352 g/mol. The van der Waals surface area contributed by atoms with Crippen LogP contribution in [0.3, 0.4) is 0 Å². The van der Waals surface area contributed by atoms with E-state index in [1.807, 2.05) is 12.3 Å². The van der Waals surface area contributed by atoms with Crippen LogP contribution in [0.5, 0.6) is 0 Å². The Bertz CT molecular complexity index is 639. The summed E-state index contributed by atoms with van der Waals surface area (Å²) in [5.41, 5.74) is 1.32. The second-order valence-corrected chi connectivity index (χ2v) is 7.26. The van der Waals surface area contributed by atoms with Gasteiger partial charge in [0.1, 0.15) is 5.00 Å². The summed E-state index contributed by atoms with van der Waals surface area (Å²) in [5, 5.41) is 5.22. The minimum absolute atomic E-state index is 0.00230. The summed E-state index contributed by atoms with van der Waals surface area (Å²) >= 11 is 1.33. The summed E-state index contributed by atoms with van der Waals surface area (Å²) in [5.74, 6) is -0.657. The number of carbonyl (C=O) groups is 3. The maximum atomic E-state index is 12.5. The molecule has 1 saturated heterocycles. The van der Waals surface area contributed by atoms with Gasteiger partial charge in [0.15, 0.2) is 0 Å². The molecule has 0 radical (unpaired) electrons. The zero-order chi connectivity index (χ0) is 17.9. The van der Waals surface area contributed by atoms with Crippen molar-refractivity contribution in [3.8, 4) is 0 Å². The second kappa shape index (κ2) is 7.79. The van der Waals surface area contributed by atoms with Crippen molar-refractivity contribution < 1.29 is 19.1 Å². The van der Waals surface area contributed by atoms with Crippen molar-refractivity contribution in [3.05, 3.63) is 16.5 Å². The van der Waals surface area contributed by atoms with Crippen LogP contribution in [-0.2, 0) is 20.7 Å². The Kier molecular flexibility index (Phi) is 5.99. The van der Waals surface area contributed by atoms with Crippen LogP contribution in [0.1, 0.15) is 43.1 Å². The Morgan fingerprint density at radius 2 is 2.17 bits per heavy atom. The van der Waals surface area contributed by atoms with Gasteiger partial charge in [-0.2, -0.15) is 0 Å². The Morgan fingerprint density at radius 3 is 2.71 bits per heavy atom. The van der Waals surface area contributed by atoms with Crippen LogP contribution in [0.15, 0.2) is 5.38 Å². The standard InChI is InChI=1S/C17H24N2O4S/c1-5-19-8-11(7-13(19)20)15(21)18-16-14(17(22)23-4)12(9-24-16)6-10(2)3/h9-11H,5-8H2,1-4H3,(H,18,21). The van der Waals surface area contributed by atoms with Crippen molar-refractivity contribution >= 4 is 34.1 Å². The molecule has 2 rings (SSSR count). The van der Waals surface area contributed by atoms with Gasteiger partial charge in [-0.15, -0.1) is 11.3 Å². The van der Waals surface area contributed by atoms with E-state index in [1.54, 1.807) is 4.90 Å². The summed E-state index contributed by atoms with van der Waals surface area (Å²) in [4.78, 5) is 38.1. The van der Waals surface area contributed by atoms with Gasteiger partial charge in [-0.05, 0) is 30.2 Å². The normalized spacial score (nSPS) is 17.5. The van der Waals surface area contributed by atoms with Crippen LogP contribution >= 0.6 is 11.3 Å². The van der Waals surface area contributed by atoms with Crippen molar-refractivity contribution in [3.63, 3.8) is 0 Å². The molecule has 0 saturated carbocycles. The van der Waals surface area contributed by atoms with E-state index in [1.165, 1.54) is 18.4 Å². The number of methoxy groups -OCH3 is 1. The summed E-state index contributed by atoms with van der Waals surface area (Å²) < 4.78 is 4.87. The molecule has 7 heteroatoms. The number of hydrogen-bond donors (Lipinski definition) is 1. The molecule has 0 bridgehead atoms. The van der Waals surface area contributed by atoms with E-state index in [0.29, 0.717) is 29.6 Å². The molecule has 1 aromatic heterocycles. The molecule has 6 nitrogen and oxygen atoms in total. The minimum atomic E-state index is -0.445. The fraction of sp³-hybridized carbons (Fsp3) is 0.588. The highest BCUT2D eigenvalue weighted by atomic mass is 32.1. The van der Waals surface area contributed by atoms with Crippen LogP contribution in [0.4, 0.5) is 5.00 Å². The molecule has 1 aliphatic rings. The Labute approximate surface area is 146 Å². The quantitative estimate of drug-likeness (QED) is 0.798. The van der Waals surface area contributed by atoms with E-state index < -0.39 is 5.97 Å². The first-order valence-electron chi connectivity index (χ1n) is 8.14. The SMILES string of the molecule is CCN1CC(C(=O)Nc2scc(CC(C)C)c2C(=O)OC)CC1=O. The first kappa shape index (κ1) is 18.4. The Hall–Kier alpha value is -1.89. The lowest BCUT2D eigenvalue weighted by Gasteiger charge is -2.14. The third-order valence-corrected chi connectivity index (χ3v) is 5.03. The van der Waals surface area contributed by atoms with Gasteiger partial charge < -0.3 is 15.0 Å². The van der Waals surface area contributed by atoms with E-state index >= 15 is 0 Å². The minimum Gasteiger partial charge on any atom is -0.465 e. The molecule has 2 heterocycles. The lowest BCUT2D eigenvalue weighted by atomic mass is 10.0. The second-order valence-electron chi connectivity index (χ2n) is 6.38. The highest BCUT2D eigenvalue weighted by Crippen LogP contribution is 2.32. The summed E-state index contributed by atoms with van der Waals surface area (Å²) in [7, 11) is 1.33. The number of rotatable bonds is 6. The van der Waals surface area contributed by atoms with Crippen LogP contribution in [0, 0.1) is 11.8 Å². The van der Waals surface area contributed by atoms with Crippen LogP contribution in [0.25, 0.3) is 0 Å². The number of carbonyl (C=O) groups excluding carboxylic acids is 3. The topological polar surface area (TPSA) is 75.7 Å². The first-order chi connectivity index (χ1) is 11.4. The molecule has 1 fully saturated rings. The van der Waals surface area contributed by atoms with Gasteiger partial charge in [-0.25, -0.2) is 4.79 Å². The smallest absolute Gasteiger partial charge is 0.341 e. The molecule has 132 valence electrons. The van der Waals surface area contributed by atoms with Crippen molar-refractivity contribution in [1.82, 2.24) is 4.90 Å². The lowest BCUT2D eigenvalue weighted by Crippen LogP contribution is -2.28. The van der Waals surface area contributed by atoms with E-state index in [2.05, 4.69) is 19.2 Å². The molecule has 1 N–H and O–H groups in total. The number of nitrogens with zero attached hydrogens (tertiary/aromatic N) is 1. The van der Waals surface area contributed by atoms with Crippen molar-refractivity contribution in [2.75, 3.05) is 25.5 Å². The molecule has 0 aromatic carbocycles. The zero-order valence-electron chi connectivity index (χ0n) is 14.5. The number of nitrogens with one attached hydrogen (secondary N) is 1. The van der Waals surface area contributed by atoms with Crippen LogP contribution < -0.4 is 5.32 Å². The molecule has 1 aliphatic heterocycles. The number of hydrogen-bond acceptors (Lipinski definition) is 5. The van der Waals surface area contributed by atoms with E-state index in [0.717, 1.165) is 12.0 Å². The van der Waals surface area contributed by atoms with Crippen LogP contribution in [-0.4, -0.2) is 42.9 Å². The maximum Gasteiger partial charge on any atom is 0.341 e. The predicted octanol–water partition coefficient (Wildman–Crippen LogP) is 2.54. The molecule has 0 aliphatic carbocycles. The van der Waals surface area contributed by atoms with Crippen molar-refractivity contribution in [2.24, 2.45) is 11.8 Å². The number of esters is 1. The van der Waals surface area contributed by atoms with E-state index in [9.17, 15) is 14.4 Å². The van der Waals surface area contributed by atoms with Crippen molar-refractivity contribution in [2.45, 2.75) is 33.6 Å². The van der Waals surface area contributed by atoms with Gasteiger partial charge in [0.2, 0.25) is 11.8 Å². The molecular weight excluding hydrogens is 328 g/mol. The molecule has 1 atom stereocenters. The number of likely N-dealkylation sites (tertiary alicyclic amines) is 1. The van der Waals surface area contributed by atoms with Gasteiger partial charge >= 0.3 is 5.97 Å². The van der Waals surface area contributed by atoms with Gasteiger partial charge in [0.05, 0.1) is 18.6 Å². The van der Waals surface area contributed by atoms with Crippen LogP contribution in [0.2, 0.25) is 0 Å². The summed E-state index contributed by atoms with van der Waals surface area (Å²) in [6.07, 6.45) is 0.958. The summed E-state index contributed by atoms with van der Waals surface area (Å²) in [6.45, 7) is 7.07. The van der Waals surface area contributed by atoms with Crippen molar-refractivity contribution in [1.29, 1.82) is 0 Å². The number of ether oxygens (including phenoxy) is 1. The average Bonchev–Trinajstić information content (AvgIpc) is 3.09. The van der Waals surface area contributed by atoms with Gasteiger partial charge in [0.25, 0.3) is 0 Å². The zero-order valence-corrected chi connectivity index (χ0v) is 15.4. The first-order valence-corrected chi connectivity index (χ1v) is 9.02. The number of anilines is 1. The lowest BCUT2D eigenvalue weighted by molar-refractivity contribution is -0.128. The molecule has 24 heavy (non-hydrogen) atoms. The maximum absolute atomic E-state index is 12.5. The molecule has 2 amide bonds. The fourth-order valence-corrected chi connectivity index (χ4v) is 3.83. The third-order valence-electron chi connectivity index (χ3n) is 4.09. The number of thiophene rings is 1. The highest BCUT2D eigenvalue weighted by Gasteiger charge is 2.34. The van der Waals surface area contributed by atoms with E-state index in [4.69, 9.17) is 4.74 Å². The van der Waals surface area contributed by atoms with Gasteiger partial charge in [0, 0.05) is 19.5 Å². The highest BCUT2D eigenvalue weighted by molar-refractivity contribution is 7.15. The summed E-state index contributed by atoms with van der Waals surface area (Å²) in [6, 6.07) is 0. The Morgan fingerprint density at radius 1 is 1.46 bits per heavy atom. The fourth-order valence-electron chi connectivity index (χ4n) is 2.87. The molecule has 1 aromatic rings. The third kappa shape index (κ3) is 3.95. The predicted molar refractivity (Wildman–Crippen MR) is 93.2 cm³/mol. The molecular formula is C17H24N2O4S. The van der Waals surface area contributed by atoms with E-state index in [-0.39, 0.29) is 24.2 Å². The molecule has 1 unspecified atom stereocenters.